The Hall–Kier alpha value is -1.63. The van der Waals surface area contributed by atoms with Crippen LogP contribution in [0.5, 0.6) is 0 Å². The summed E-state index contributed by atoms with van der Waals surface area (Å²) in [7, 11) is 0. The minimum absolute atomic E-state index is 0.0323. The van der Waals surface area contributed by atoms with Gasteiger partial charge in [-0.2, -0.15) is 0 Å². The number of nitrogens with one attached hydrogen (secondary N) is 2. The number of carbonyl (C=O) groups excluding carboxylic acids is 2. The van der Waals surface area contributed by atoms with Crippen LogP contribution < -0.4 is 10.6 Å². The standard InChI is InChI=1S/C12H21N3O4/c1-9(16)14-6-11(17)15-4-2-3-10(8-15)5-13-7-12(18)19/h10,13H,2-8H2,1H3,(H,14,16)(H,18,19). The van der Waals surface area contributed by atoms with E-state index < -0.39 is 5.97 Å². The minimum atomic E-state index is -0.880. The van der Waals surface area contributed by atoms with Crippen LogP contribution in [0, 0.1) is 5.92 Å². The number of aliphatic carboxylic acids is 1. The van der Waals surface area contributed by atoms with Gasteiger partial charge in [0, 0.05) is 26.6 Å². The molecule has 0 spiro atoms. The molecule has 1 rings (SSSR count). The van der Waals surface area contributed by atoms with Gasteiger partial charge < -0.3 is 20.6 Å². The lowest BCUT2D eigenvalue weighted by Crippen LogP contribution is -2.46. The topological polar surface area (TPSA) is 98.7 Å². The Morgan fingerprint density at radius 2 is 2.05 bits per heavy atom. The molecular weight excluding hydrogens is 250 g/mol. The summed E-state index contributed by atoms with van der Waals surface area (Å²) in [6, 6.07) is 0. The monoisotopic (exact) mass is 271 g/mol. The maximum Gasteiger partial charge on any atom is 0.317 e. The lowest BCUT2D eigenvalue weighted by Gasteiger charge is -2.33. The molecule has 2 amide bonds. The first kappa shape index (κ1) is 15.4. The van der Waals surface area contributed by atoms with Crippen LogP contribution in [0.15, 0.2) is 0 Å². The summed E-state index contributed by atoms with van der Waals surface area (Å²) in [6.45, 7) is 3.26. The van der Waals surface area contributed by atoms with Crippen molar-refractivity contribution in [2.75, 3.05) is 32.7 Å². The molecule has 108 valence electrons. The van der Waals surface area contributed by atoms with Crippen LogP contribution in [-0.2, 0) is 14.4 Å². The van der Waals surface area contributed by atoms with Crippen molar-refractivity contribution >= 4 is 17.8 Å². The first-order valence-electron chi connectivity index (χ1n) is 6.43. The van der Waals surface area contributed by atoms with Crippen LogP contribution in [0.3, 0.4) is 0 Å². The van der Waals surface area contributed by atoms with Crippen molar-refractivity contribution < 1.29 is 19.5 Å². The predicted octanol–water partition coefficient (Wildman–Crippen LogP) is -0.965. The summed E-state index contributed by atoms with van der Waals surface area (Å²) in [5.74, 6) is -0.910. The van der Waals surface area contributed by atoms with E-state index in [2.05, 4.69) is 10.6 Å². The van der Waals surface area contributed by atoms with Gasteiger partial charge in [0.1, 0.15) is 0 Å². The number of hydrogen-bond acceptors (Lipinski definition) is 4. The maximum atomic E-state index is 11.8. The third kappa shape index (κ3) is 6.19. The van der Waals surface area contributed by atoms with E-state index in [0.29, 0.717) is 19.6 Å². The van der Waals surface area contributed by atoms with Gasteiger partial charge in [-0.25, -0.2) is 0 Å². The molecular formula is C12H21N3O4. The largest absolute Gasteiger partial charge is 0.480 e. The second kappa shape index (κ2) is 7.73. The Balaban J connectivity index is 2.30. The highest BCUT2D eigenvalue weighted by atomic mass is 16.4. The molecule has 1 unspecified atom stereocenters. The number of carboxylic acids is 1. The number of nitrogens with zero attached hydrogens (tertiary/aromatic N) is 1. The fourth-order valence-corrected chi connectivity index (χ4v) is 2.15. The van der Waals surface area contributed by atoms with Gasteiger partial charge in [0.15, 0.2) is 0 Å². The molecule has 7 nitrogen and oxygen atoms in total. The molecule has 0 saturated carbocycles. The quantitative estimate of drug-likeness (QED) is 0.577. The number of carboxylic acid groups (broad SMARTS) is 1. The molecule has 1 aliphatic heterocycles. The van der Waals surface area contributed by atoms with E-state index in [1.165, 1.54) is 6.92 Å². The third-order valence-corrected chi connectivity index (χ3v) is 3.07. The maximum absolute atomic E-state index is 11.8. The summed E-state index contributed by atoms with van der Waals surface area (Å²) in [4.78, 5) is 34.7. The van der Waals surface area contributed by atoms with E-state index >= 15 is 0 Å². The van der Waals surface area contributed by atoms with E-state index in [-0.39, 0.29) is 30.8 Å². The number of amides is 2. The summed E-state index contributed by atoms with van der Waals surface area (Å²) in [5, 5.41) is 13.9. The molecule has 0 aromatic rings. The van der Waals surface area contributed by atoms with Crippen molar-refractivity contribution in [2.24, 2.45) is 5.92 Å². The van der Waals surface area contributed by atoms with Gasteiger partial charge in [-0.15, -0.1) is 0 Å². The molecule has 0 aliphatic carbocycles. The van der Waals surface area contributed by atoms with E-state index in [0.717, 1.165) is 12.8 Å². The number of hydrogen-bond donors (Lipinski definition) is 3. The highest BCUT2D eigenvalue weighted by Crippen LogP contribution is 2.15. The molecule has 19 heavy (non-hydrogen) atoms. The molecule has 3 N–H and O–H groups in total. The number of likely N-dealkylation sites (tertiary alicyclic amines) is 1. The normalized spacial score (nSPS) is 19.0. The van der Waals surface area contributed by atoms with Crippen LogP contribution in [0.25, 0.3) is 0 Å². The lowest BCUT2D eigenvalue weighted by atomic mass is 9.98. The molecule has 0 aromatic heterocycles. The van der Waals surface area contributed by atoms with Gasteiger partial charge in [-0.3, -0.25) is 14.4 Å². The molecule has 0 aromatic carbocycles. The molecule has 7 heteroatoms. The fourth-order valence-electron chi connectivity index (χ4n) is 2.15. The van der Waals surface area contributed by atoms with Gasteiger partial charge in [-0.05, 0) is 18.8 Å². The van der Waals surface area contributed by atoms with Gasteiger partial charge in [0.05, 0.1) is 13.1 Å². The Bertz CT molecular complexity index is 346. The van der Waals surface area contributed by atoms with E-state index in [4.69, 9.17) is 5.11 Å². The zero-order valence-electron chi connectivity index (χ0n) is 11.1. The fraction of sp³-hybridized carbons (Fsp3) is 0.750. The zero-order valence-corrected chi connectivity index (χ0v) is 11.1. The second-order valence-electron chi connectivity index (χ2n) is 4.78. The van der Waals surface area contributed by atoms with Crippen molar-refractivity contribution in [2.45, 2.75) is 19.8 Å². The number of rotatable bonds is 6. The van der Waals surface area contributed by atoms with Gasteiger partial charge in [-0.1, -0.05) is 0 Å². The van der Waals surface area contributed by atoms with E-state index in [1.54, 1.807) is 4.90 Å². The van der Waals surface area contributed by atoms with Crippen molar-refractivity contribution in [1.82, 2.24) is 15.5 Å². The Labute approximate surface area is 112 Å². The SMILES string of the molecule is CC(=O)NCC(=O)N1CCCC(CNCC(=O)O)C1. The van der Waals surface area contributed by atoms with Crippen LogP contribution in [0.1, 0.15) is 19.8 Å². The molecule has 1 heterocycles. The van der Waals surface area contributed by atoms with Crippen molar-refractivity contribution in [3.05, 3.63) is 0 Å². The number of carbonyl (C=O) groups is 3. The average molecular weight is 271 g/mol. The van der Waals surface area contributed by atoms with Crippen LogP contribution >= 0.6 is 0 Å². The smallest absolute Gasteiger partial charge is 0.317 e. The zero-order chi connectivity index (χ0) is 14.3. The average Bonchev–Trinajstić information content (AvgIpc) is 2.36. The highest BCUT2D eigenvalue weighted by molar-refractivity contribution is 5.83. The van der Waals surface area contributed by atoms with Crippen molar-refractivity contribution in [3.63, 3.8) is 0 Å². The number of piperidine rings is 1. The third-order valence-electron chi connectivity index (χ3n) is 3.07. The minimum Gasteiger partial charge on any atom is -0.480 e. The van der Waals surface area contributed by atoms with Crippen LogP contribution in [0.2, 0.25) is 0 Å². The first-order chi connectivity index (χ1) is 8.99. The van der Waals surface area contributed by atoms with Gasteiger partial charge >= 0.3 is 5.97 Å². The molecule has 1 atom stereocenters. The first-order valence-corrected chi connectivity index (χ1v) is 6.43. The lowest BCUT2D eigenvalue weighted by molar-refractivity contribution is -0.136. The predicted molar refractivity (Wildman–Crippen MR) is 68.5 cm³/mol. The summed E-state index contributed by atoms with van der Waals surface area (Å²) >= 11 is 0. The summed E-state index contributed by atoms with van der Waals surface area (Å²) in [6.07, 6.45) is 1.89. The Morgan fingerprint density at radius 1 is 1.32 bits per heavy atom. The van der Waals surface area contributed by atoms with Gasteiger partial charge in [0.2, 0.25) is 11.8 Å². The van der Waals surface area contributed by atoms with Gasteiger partial charge in [0.25, 0.3) is 0 Å². The molecule has 1 aliphatic rings. The molecule has 1 fully saturated rings. The summed E-state index contributed by atoms with van der Waals surface area (Å²) < 4.78 is 0. The second-order valence-corrected chi connectivity index (χ2v) is 4.78. The Morgan fingerprint density at radius 3 is 2.68 bits per heavy atom. The summed E-state index contributed by atoms with van der Waals surface area (Å²) in [5.41, 5.74) is 0. The van der Waals surface area contributed by atoms with E-state index in [9.17, 15) is 14.4 Å². The Kier molecular flexibility index (Phi) is 6.27. The van der Waals surface area contributed by atoms with Crippen molar-refractivity contribution in [1.29, 1.82) is 0 Å². The molecule has 0 radical (unpaired) electrons. The molecule has 0 bridgehead atoms. The van der Waals surface area contributed by atoms with Crippen LogP contribution in [-0.4, -0.2) is 60.5 Å². The van der Waals surface area contributed by atoms with Crippen molar-refractivity contribution in [3.8, 4) is 0 Å². The van der Waals surface area contributed by atoms with Crippen LogP contribution in [0.4, 0.5) is 0 Å². The highest BCUT2D eigenvalue weighted by Gasteiger charge is 2.23. The van der Waals surface area contributed by atoms with E-state index in [1.807, 2.05) is 0 Å². The molecule has 1 saturated heterocycles.